The molecule has 0 aromatic carbocycles. The molecule has 18 heavy (non-hydrogen) atoms. The molecule has 1 heterocycles. The Morgan fingerprint density at radius 3 is 2.61 bits per heavy atom. The second-order valence-corrected chi connectivity index (χ2v) is 6.96. The Labute approximate surface area is 112 Å². The van der Waals surface area contributed by atoms with Gasteiger partial charge in [-0.1, -0.05) is 26.2 Å². The summed E-state index contributed by atoms with van der Waals surface area (Å²) in [5.41, 5.74) is 0.296. The Balaban J connectivity index is 1.54. The van der Waals surface area contributed by atoms with Crippen LogP contribution in [0.4, 0.5) is 0 Å². The lowest BCUT2D eigenvalue weighted by Crippen LogP contribution is -2.53. The average molecular weight is 251 g/mol. The smallest absolute Gasteiger partial charge is 0.0697 e. The molecule has 2 saturated carbocycles. The van der Waals surface area contributed by atoms with Gasteiger partial charge in [0.1, 0.15) is 0 Å². The number of ether oxygens (including phenoxy) is 1. The highest BCUT2D eigenvalue weighted by molar-refractivity contribution is 4.97. The zero-order valence-electron chi connectivity index (χ0n) is 11.9. The van der Waals surface area contributed by atoms with Gasteiger partial charge in [-0.25, -0.2) is 0 Å². The first-order valence-electron chi connectivity index (χ1n) is 8.17. The van der Waals surface area contributed by atoms with Gasteiger partial charge in [0.2, 0.25) is 0 Å². The van der Waals surface area contributed by atoms with E-state index in [1.165, 1.54) is 64.2 Å². The Kier molecular flexibility index (Phi) is 3.95. The fourth-order valence-electron chi connectivity index (χ4n) is 4.13. The molecule has 3 aliphatic rings. The fourth-order valence-corrected chi connectivity index (χ4v) is 4.13. The molecule has 2 nitrogen and oxygen atoms in total. The van der Waals surface area contributed by atoms with Crippen LogP contribution in [0.15, 0.2) is 0 Å². The lowest BCUT2D eigenvalue weighted by Gasteiger charge is -2.48. The minimum absolute atomic E-state index is 0.296. The van der Waals surface area contributed by atoms with Crippen molar-refractivity contribution in [3.8, 4) is 0 Å². The Morgan fingerprint density at radius 1 is 1.00 bits per heavy atom. The Bertz CT molecular complexity index is 274. The highest BCUT2D eigenvalue weighted by atomic mass is 16.5. The summed E-state index contributed by atoms with van der Waals surface area (Å²) in [6.07, 6.45) is 13.6. The van der Waals surface area contributed by atoms with E-state index >= 15 is 0 Å². The van der Waals surface area contributed by atoms with Crippen LogP contribution in [-0.2, 0) is 4.74 Å². The summed E-state index contributed by atoms with van der Waals surface area (Å²) in [4.78, 5) is 0. The van der Waals surface area contributed by atoms with Crippen LogP contribution in [0.2, 0.25) is 0 Å². The van der Waals surface area contributed by atoms with Gasteiger partial charge in [0.05, 0.1) is 5.60 Å². The van der Waals surface area contributed by atoms with Crippen molar-refractivity contribution >= 4 is 0 Å². The fraction of sp³-hybridized carbons (Fsp3) is 1.00. The Morgan fingerprint density at radius 2 is 1.83 bits per heavy atom. The number of hydrogen-bond acceptors (Lipinski definition) is 2. The van der Waals surface area contributed by atoms with E-state index in [1.54, 1.807) is 0 Å². The molecule has 104 valence electrons. The van der Waals surface area contributed by atoms with Crippen molar-refractivity contribution < 1.29 is 4.74 Å². The molecule has 1 aliphatic heterocycles. The van der Waals surface area contributed by atoms with Crippen LogP contribution in [0.5, 0.6) is 0 Å². The second-order valence-electron chi connectivity index (χ2n) is 6.96. The van der Waals surface area contributed by atoms with E-state index in [-0.39, 0.29) is 0 Å². The number of rotatable bonds is 2. The van der Waals surface area contributed by atoms with Gasteiger partial charge >= 0.3 is 0 Å². The first-order valence-corrected chi connectivity index (χ1v) is 8.17. The van der Waals surface area contributed by atoms with Crippen LogP contribution >= 0.6 is 0 Å². The first-order chi connectivity index (χ1) is 8.77. The summed E-state index contributed by atoms with van der Waals surface area (Å²) < 4.78 is 6.03. The minimum Gasteiger partial charge on any atom is -0.375 e. The number of nitrogens with one attached hydrogen (secondary N) is 1. The van der Waals surface area contributed by atoms with Crippen LogP contribution in [-0.4, -0.2) is 24.3 Å². The normalized spacial score (nSPS) is 40.2. The summed E-state index contributed by atoms with van der Waals surface area (Å²) >= 11 is 0. The van der Waals surface area contributed by atoms with E-state index in [4.69, 9.17) is 4.74 Å². The van der Waals surface area contributed by atoms with Gasteiger partial charge in [-0.15, -0.1) is 0 Å². The van der Waals surface area contributed by atoms with Crippen molar-refractivity contribution in [2.45, 2.75) is 88.8 Å². The van der Waals surface area contributed by atoms with Crippen molar-refractivity contribution in [3.05, 3.63) is 0 Å². The zero-order valence-corrected chi connectivity index (χ0v) is 11.9. The highest BCUT2D eigenvalue weighted by Gasteiger charge is 2.43. The molecule has 1 spiro atoms. The van der Waals surface area contributed by atoms with E-state index < -0.39 is 0 Å². The first kappa shape index (κ1) is 12.9. The summed E-state index contributed by atoms with van der Waals surface area (Å²) in [7, 11) is 0. The van der Waals surface area contributed by atoms with Crippen LogP contribution in [0.25, 0.3) is 0 Å². The average Bonchev–Trinajstić information content (AvgIpc) is 2.54. The van der Waals surface area contributed by atoms with Crippen molar-refractivity contribution in [1.29, 1.82) is 0 Å². The maximum atomic E-state index is 6.03. The molecule has 0 bridgehead atoms. The van der Waals surface area contributed by atoms with Crippen molar-refractivity contribution in [1.82, 2.24) is 5.32 Å². The standard InChI is InChI=1S/C16H29NO/c1-13-6-3-2-4-7-15(13)17-14-8-11-18-16(12-14)9-5-10-16/h13-15,17H,2-12H2,1H3. The summed E-state index contributed by atoms with van der Waals surface area (Å²) in [6, 6.07) is 1.50. The van der Waals surface area contributed by atoms with Gasteiger partial charge in [0.25, 0.3) is 0 Å². The van der Waals surface area contributed by atoms with Gasteiger partial charge in [-0.2, -0.15) is 0 Å². The largest absolute Gasteiger partial charge is 0.375 e. The zero-order chi connectivity index (χ0) is 12.4. The van der Waals surface area contributed by atoms with Crippen molar-refractivity contribution in [3.63, 3.8) is 0 Å². The van der Waals surface area contributed by atoms with Crippen LogP contribution in [0.1, 0.15) is 71.1 Å². The van der Waals surface area contributed by atoms with Crippen LogP contribution in [0.3, 0.4) is 0 Å². The molecular formula is C16H29NO. The topological polar surface area (TPSA) is 21.3 Å². The molecule has 3 unspecified atom stereocenters. The molecule has 0 radical (unpaired) electrons. The SMILES string of the molecule is CC1CCCCCC1NC1CCOC2(CCC2)C1. The summed E-state index contributed by atoms with van der Waals surface area (Å²) in [5, 5.41) is 3.99. The monoisotopic (exact) mass is 251 g/mol. The van der Waals surface area contributed by atoms with Gasteiger partial charge in [0.15, 0.2) is 0 Å². The maximum absolute atomic E-state index is 6.03. The Hall–Kier alpha value is -0.0800. The molecule has 0 amide bonds. The highest BCUT2D eigenvalue weighted by Crippen LogP contribution is 2.42. The summed E-state index contributed by atoms with van der Waals surface area (Å²) in [6.45, 7) is 3.43. The predicted molar refractivity (Wildman–Crippen MR) is 74.7 cm³/mol. The molecule has 1 N–H and O–H groups in total. The lowest BCUT2D eigenvalue weighted by atomic mass is 9.73. The lowest BCUT2D eigenvalue weighted by molar-refractivity contribution is -0.136. The molecule has 3 fully saturated rings. The quantitative estimate of drug-likeness (QED) is 0.756. The van der Waals surface area contributed by atoms with Gasteiger partial charge < -0.3 is 10.1 Å². The maximum Gasteiger partial charge on any atom is 0.0697 e. The van der Waals surface area contributed by atoms with E-state index in [0.717, 1.165) is 24.6 Å². The predicted octanol–water partition coefficient (Wildman–Crippen LogP) is 3.65. The van der Waals surface area contributed by atoms with Crippen molar-refractivity contribution in [2.75, 3.05) is 6.61 Å². The van der Waals surface area contributed by atoms with Gasteiger partial charge in [-0.3, -0.25) is 0 Å². The van der Waals surface area contributed by atoms with E-state index in [2.05, 4.69) is 12.2 Å². The molecular weight excluding hydrogens is 222 g/mol. The van der Waals surface area contributed by atoms with Crippen molar-refractivity contribution in [2.24, 2.45) is 5.92 Å². The summed E-state index contributed by atoms with van der Waals surface area (Å²) in [5.74, 6) is 0.868. The molecule has 3 rings (SSSR count). The third kappa shape index (κ3) is 2.75. The molecule has 3 atom stereocenters. The van der Waals surface area contributed by atoms with E-state index in [1.807, 2.05) is 0 Å². The molecule has 0 aromatic heterocycles. The third-order valence-corrected chi connectivity index (χ3v) is 5.57. The second kappa shape index (κ2) is 5.50. The molecule has 0 aromatic rings. The number of hydrogen-bond donors (Lipinski definition) is 1. The van der Waals surface area contributed by atoms with E-state index in [9.17, 15) is 0 Å². The molecule has 2 heteroatoms. The molecule has 1 saturated heterocycles. The van der Waals surface area contributed by atoms with Crippen LogP contribution < -0.4 is 5.32 Å². The third-order valence-electron chi connectivity index (χ3n) is 5.57. The van der Waals surface area contributed by atoms with Crippen LogP contribution in [0, 0.1) is 5.92 Å². The van der Waals surface area contributed by atoms with Gasteiger partial charge in [0, 0.05) is 18.7 Å². The minimum atomic E-state index is 0.296. The van der Waals surface area contributed by atoms with E-state index in [0.29, 0.717) is 5.60 Å². The van der Waals surface area contributed by atoms with Gasteiger partial charge in [-0.05, 0) is 50.9 Å². The molecule has 2 aliphatic carbocycles.